The van der Waals surface area contributed by atoms with Crippen LogP contribution >= 0.6 is 0 Å². The van der Waals surface area contributed by atoms with Crippen molar-refractivity contribution < 1.29 is 0 Å². The Morgan fingerprint density at radius 3 is 2.93 bits per heavy atom. The Labute approximate surface area is 88.3 Å². The molecule has 1 rings (SSSR count). The molecule has 0 fully saturated rings. The molecule has 0 aromatic carbocycles. The van der Waals surface area contributed by atoms with Crippen molar-refractivity contribution in [2.24, 2.45) is 5.11 Å². The summed E-state index contributed by atoms with van der Waals surface area (Å²) in [5.41, 5.74) is 16.7. The highest BCUT2D eigenvalue weighted by molar-refractivity contribution is 5.58. The summed E-state index contributed by atoms with van der Waals surface area (Å²) >= 11 is 0. The second-order valence-electron chi connectivity index (χ2n) is 3.18. The zero-order valence-corrected chi connectivity index (χ0v) is 8.81. The van der Waals surface area contributed by atoms with Crippen molar-refractivity contribution >= 4 is 11.9 Å². The molecule has 78 valence electrons. The van der Waals surface area contributed by atoms with Gasteiger partial charge < -0.3 is 5.73 Å². The van der Waals surface area contributed by atoms with Crippen molar-refractivity contribution in [3.8, 4) is 0 Å². The molecular weight excluding hydrogens is 190 g/mol. The fourth-order valence-electron chi connectivity index (χ4n) is 1.38. The molecule has 0 aliphatic heterocycles. The SMILES string of the molecule is Cc1cc(N)nc(C)c1C=CCN=[N+]=[N-]. The number of aromatic nitrogens is 1. The van der Waals surface area contributed by atoms with Crippen LogP contribution in [0.15, 0.2) is 17.3 Å². The van der Waals surface area contributed by atoms with Crippen LogP contribution < -0.4 is 5.73 Å². The van der Waals surface area contributed by atoms with E-state index in [-0.39, 0.29) is 0 Å². The van der Waals surface area contributed by atoms with E-state index in [1.54, 1.807) is 6.08 Å². The molecule has 0 saturated carbocycles. The Bertz CT molecular complexity index is 406. The lowest BCUT2D eigenvalue weighted by Crippen LogP contribution is -1.97. The number of hydrogen-bond donors (Lipinski definition) is 1. The third kappa shape index (κ3) is 3.00. The minimum absolute atomic E-state index is 0.347. The molecule has 1 aromatic heterocycles. The lowest BCUT2D eigenvalue weighted by molar-refractivity contribution is 1.17. The van der Waals surface area contributed by atoms with E-state index >= 15 is 0 Å². The number of nitrogen functional groups attached to an aromatic ring is 1. The van der Waals surface area contributed by atoms with Crippen LogP contribution in [0, 0.1) is 13.8 Å². The summed E-state index contributed by atoms with van der Waals surface area (Å²) in [7, 11) is 0. The molecule has 0 unspecified atom stereocenters. The predicted octanol–water partition coefficient (Wildman–Crippen LogP) is 2.60. The van der Waals surface area contributed by atoms with E-state index < -0.39 is 0 Å². The molecule has 0 atom stereocenters. The Kier molecular flexibility index (Phi) is 3.71. The highest BCUT2D eigenvalue weighted by Crippen LogP contribution is 2.15. The van der Waals surface area contributed by atoms with Crippen molar-refractivity contribution in [1.29, 1.82) is 0 Å². The normalized spacial score (nSPS) is 10.3. The minimum Gasteiger partial charge on any atom is -0.384 e. The van der Waals surface area contributed by atoms with Gasteiger partial charge in [-0.3, -0.25) is 0 Å². The zero-order valence-electron chi connectivity index (χ0n) is 8.81. The van der Waals surface area contributed by atoms with E-state index in [1.165, 1.54) is 0 Å². The van der Waals surface area contributed by atoms with Gasteiger partial charge in [-0.05, 0) is 36.6 Å². The van der Waals surface area contributed by atoms with E-state index in [0.29, 0.717) is 12.4 Å². The Morgan fingerprint density at radius 2 is 2.33 bits per heavy atom. The molecule has 15 heavy (non-hydrogen) atoms. The van der Waals surface area contributed by atoms with Crippen LogP contribution in [0.5, 0.6) is 0 Å². The molecular formula is C10H13N5. The van der Waals surface area contributed by atoms with Gasteiger partial charge >= 0.3 is 0 Å². The van der Waals surface area contributed by atoms with E-state index in [1.807, 2.05) is 26.0 Å². The monoisotopic (exact) mass is 203 g/mol. The van der Waals surface area contributed by atoms with Crippen molar-refractivity contribution in [2.75, 3.05) is 12.3 Å². The van der Waals surface area contributed by atoms with Gasteiger partial charge in [-0.2, -0.15) is 0 Å². The molecule has 5 heteroatoms. The average Bonchev–Trinajstić information content (AvgIpc) is 2.15. The number of aryl methyl sites for hydroxylation is 2. The Hall–Kier alpha value is -2.00. The lowest BCUT2D eigenvalue weighted by atomic mass is 10.1. The smallest absolute Gasteiger partial charge is 0.123 e. The molecule has 1 aromatic rings. The van der Waals surface area contributed by atoms with Crippen LogP contribution in [-0.2, 0) is 0 Å². The van der Waals surface area contributed by atoms with Crippen LogP contribution in [0.4, 0.5) is 5.82 Å². The van der Waals surface area contributed by atoms with Crippen LogP contribution in [-0.4, -0.2) is 11.5 Å². The van der Waals surface area contributed by atoms with E-state index in [4.69, 9.17) is 11.3 Å². The number of nitrogens with zero attached hydrogens (tertiary/aromatic N) is 4. The molecule has 2 N–H and O–H groups in total. The number of nitrogens with two attached hydrogens (primary N) is 1. The zero-order chi connectivity index (χ0) is 11.3. The van der Waals surface area contributed by atoms with Gasteiger partial charge in [0.1, 0.15) is 5.82 Å². The van der Waals surface area contributed by atoms with Crippen LogP contribution in [0.25, 0.3) is 16.5 Å². The summed E-state index contributed by atoms with van der Waals surface area (Å²) in [4.78, 5) is 6.82. The third-order valence-electron chi connectivity index (χ3n) is 2.01. The maximum atomic E-state index is 8.10. The Morgan fingerprint density at radius 1 is 1.60 bits per heavy atom. The second kappa shape index (κ2) is 5.02. The van der Waals surface area contributed by atoms with Gasteiger partial charge in [0.05, 0.1) is 0 Å². The molecule has 1 heterocycles. The molecule has 0 saturated heterocycles. The first-order valence-corrected chi connectivity index (χ1v) is 4.56. The van der Waals surface area contributed by atoms with Gasteiger partial charge in [-0.1, -0.05) is 17.3 Å². The first-order valence-electron chi connectivity index (χ1n) is 4.56. The number of rotatable bonds is 3. The molecule has 0 radical (unpaired) electrons. The van der Waals surface area contributed by atoms with Crippen molar-refractivity contribution in [3.05, 3.63) is 39.4 Å². The van der Waals surface area contributed by atoms with Gasteiger partial charge in [0, 0.05) is 17.2 Å². The van der Waals surface area contributed by atoms with Crippen LogP contribution in [0.3, 0.4) is 0 Å². The molecule has 0 spiro atoms. The topological polar surface area (TPSA) is 87.7 Å². The summed E-state index contributed by atoms with van der Waals surface area (Å²) in [6.45, 7) is 4.22. The molecule has 0 aliphatic rings. The first-order chi connectivity index (χ1) is 7.15. The Balaban J connectivity index is 2.94. The fourth-order valence-corrected chi connectivity index (χ4v) is 1.38. The second-order valence-corrected chi connectivity index (χ2v) is 3.18. The molecule has 0 amide bonds. The van der Waals surface area contributed by atoms with Crippen LogP contribution in [0.1, 0.15) is 16.8 Å². The van der Waals surface area contributed by atoms with E-state index in [0.717, 1.165) is 16.8 Å². The minimum atomic E-state index is 0.347. The summed E-state index contributed by atoms with van der Waals surface area (Å²) in [6.07, 6.45) is 3.69. The number of azide groups is 1. The van der Waals surface area contributed by atoms with Gasteiger partial charge in [0.25, 0.3) is 0 Å². The average molecular weight is 203 g/mol. The largest absolute Gasteiger partial charge is 0.384 e. The lowest BCUT2D eigenvalue weighted by Gasteiger charge is -2.05. The number of hydrogen-bond acceptors (Lipinski definition) is 3. The quantitative estimate of drug-likeness (QED) is 0.465. The fraction of sp³-hybridized carbons (Fsp3) is 0.300. The highest BCUT2D eigenvalue weighted by Gasteiger charge is 2.01. The maximum Gasteiger partial charge on any atom is 0.123 e. The maximum absolute atomic E-state index is 8.10. The van der Waals surface area contributed by atoms with Gasteiger partial charge in [0.2, 0.25) is 0 Å². The summed E-state index contributed by atoms with van der Waals surface area (Å²) in [5, 5.41) is 3.41. The number of pyridine rings is 1. The van der Waals surface area contributed by atoms with Crippen molar-refractivity contribution in [1.82, 2.24) is 4.98 Å². The standard InChI is InChI=1S/C10H13N5/c1-7-6-10(11)14-8(2)9(7)4-3-5-13-15-12/h3-4,6H,5H2,1-2H3,(H2,11,14). The van der Waals surface area contributed by atoms with E-state index in [9.17, 15) is 0 Å². The van der Waals surface area contributed by atoms with Crippen LogP contribution in [0.2, 0.25) is 0 Å². The molecule has 5 nitrogen and oxygen atoms in total. The van der Waals surface area contributed by atoms with Gasteiger partial charge in [-0.15, -0.1) is 0 Å². The van der Waals surface area contributed by atoms with Crippen molar-refractivity contribution in [3.63, 3.8) is 0 Å². The predicted molar refractivity (Wildman–Crippen MR) is 61.2 cm³/mol. The molecule has 0 aliphatic carbocycles. The first kappa shape index (κ1) is 11.1. The summed E-state index contributed by atoms with van der Waals surface area (Å²) in [6, 6.07) is 1.82. The summed E-state index contributed by atoms with van der Waals surface area (Å²) in [5.74, 6) is 0.525. The molecule has 0 bridgehead atoms. The van der Waals surface area contributed by atoms with Gasteiger partial charge in [-0.25, -0.2) is 4.98 Å². The van der Waals surface area contributed by atoms with Gasteiger partial charge in [0.15, 0.2) is 0 Å². The number of anilines is 1. The highest BCUT2D eigenvalue weighted by atomic mass is 15.1. The third-order valence-corrected chi connectivity index (χ3v) is 2.01. The van der Waals surface area contributed by atoms with E-state index in [2.05, 4.69) is 15.0 Å². The van der Waals surface area contributed by atoms with Crippen molar-refractivity contribution in [2.45, 2.75) is 13.8 Å². The summed E-state index contributed by atoms with van der Waals surface area (Å²) < 4.78 is 0.